The van der Waals surface area contributed by atoms with Crippen molar-refractivity contribution in [3.63, 3.8) is 0 Å². The Morgan fingerprint density at radius 3 is 2.59 bits per heavy atom. The van der Waals surface area contributed by atoms with E-state index in [9.17, 15) is 10.1 Å². The largest absolute Gasteiger partial charge is 0.411 e. The zero-order chi connectivity index (χ0) is 13.1. The van der Waals surface area contributed by atoms with Crippen molar-refractivity contribution in [2.75, 3.05) is 0 Å². The van der Waals surface area contributed by atoms with Gasteiger partial charge in [-0.2, -0.15) is 0 Å². The van der Waals surface area contributed by atoms with Gasteiger partial charge in [-0.1, -0.05) is 25.9 Å². The third-order valence-corrected chi connectivity index (χ3v) is 3.02. The molecule has 1 N–H and O–H groups in total. The summed E-state index contributed by atoms with van der Waals surface area (Å²) in [6.07, 6.45) is 1.21. The standard InChI is InChI=1S/C11H14N2O3S/c1-11(2,3)17-10-5-4-9(13(15)16)6-8(10)7-12-14/h4-7,14H,1-3H3. The fraction of sp³-hybridized carbons (Fsp3) is 0.364. The molecule has 0 radical (unpaired) electrons. The molecule has 5 nitrogen and oxygen atoms in total. The maximum Gasteiger partial charge on any atom is 0.270 e. The first-order valence-electron chi connectivity index (χ1n) is 4.98. The van der Waals surface area contributed by atoms with Crippen molar-refractivity contribution in [1.29, 1.82) is 0 Å². The van der Waals surface area contributed by atoms with E-state index in [-0.39, 0.29) is 10.4 Å². The highest BCUT2D eigenvalue weighted by Gasteiger charge is 2.16. The van der Waals surface area contributed by atoms with Crippen LogP contribution in [0.4, 0.5) is 5.69 Å². The lowest BCUT2D eigenvalue weighted by atomic mass is 10.2. The van der Waals surface area contributed by atoms with Crippen molar-refractivity contribution in [2.24, 2.45) is 5.16 Å². The topological polar surface area (TPSA) is 75.7 Å². The average molecular weight is 254 g/mol. The monoisotopic (exact) mass is 254 g/mol. The van der Waals surface area contributed by atoms with Gasteiger partial charge in [0.2, 0.25) is 0 Å². The molecule has 17 heavy (non-hydrogen) atoms. The van der Waals surface area contributed by atoms with Gasteiger partial charge in [0.05, 0.1) is 11.1 Å². The number of nitrogens with zero attached hydrogens (tertiary/aromatic N) is 2. The molecule has 1 aromatic carbocycles. The molecule has 0 aromatic heterocycles. The van der Waals surface area contributed by atoms with Gasteiger partial charge in [0.1, 0.15) is 0 Å². The lowest BCUT2D eigenvalue weighted by Crippen LogP contribution is -2.07. The van der Waals surface area contributed by atoms with E-state index >= 15 is 0 Å². The molecule has 0 saturated carbocycles. The molecule has 0 saturated heterocycles. The average Bonchev–Trinajstić information content (AvgIpc) is 2.18. The van der Waals surface area contributed by atoms with Crippen LogP contribution in [0.15, 0.2) is 28.3 Å². The van der Waals surface area contributed by atoms with Gasteiger partial charge in [-0.25, -0.2) is 0 Å². The highest BCUT2D eigenvalue weighted by Crippen LogP contribution is 2.34. The van der Waals surface area contributed by atoms with Gasteiger partial charge in [0.25, 0.3) is 5.69 Å². The molecular weight excluding hydrogens is 240 g/mol. The first-order valence-corrected chi connectivity index (χ1v) is 5.80. The Kier molecular flexibility index (Phi) is 4.11. The van der Waals surface area contributed by atoms with Crippen molar-refractivity contribution in [2.45, 2.75) is 30.4 Å². The number of nitro benzene ring substituents is 1. The SMILES string of the molecule is CC(C)(C)Sc1ccc([N+](=O)[O-])cc1C=NO. The summed E-state index contributed by atoms with van der Waals surface area (Å²) in [5.41, 5.74) is 0.528. The summed E-state index contributed by atoms with van der Waals surface area (Å²) in [6, 6.07) is 4.52. The maximum absolute atomic E-state index is 10.6. The van der Waals surface area contributed by atoms with E-state index in [1.54, 1.807) is 17.8 Å². The molecule has 92 valence electrons. The van der Waals surface area contributed by atoms with E-state index in [0.717, 1.165) is 4.90 Å². The summed E-state index contributed by atoms with van der Waals surface area (Å²) >= 11 is 1.56. The molecule has 0 unspecified atom stereocenters. The van der Waals surface area contributed by atoms with Crippen LogP contribution in [0.2, 0.25) is 0 Å². The molecular formula is C11H14N2O3S. The lowest BCUT2D eigenvalue weighted by Gasteiger charge is -2.18. The fourth-order valence-electron chi connectivity index (χ4n) is 1.24. The van der Waals surface area contributed by atoms with Crippen LogP contribution in [0.3, 0.4) is 0 Å². The van der Waals surface area contributed by atoms with Crippen LogP contribution >= 0.6 is 11.8 Å². The number of benzene rings is 1. The summed E-state index contributed by atoms with van der Waals surface area (Å²) in [5.74, 6) is 0. The number of thioether (sulfide) groups is 1. The van der Waals surface area contributed by atoms with Gasteiger partial charge in [-0.15, -0.1) is 11.8 Å². The summed E-state index contributed by atoms with van der Waals surface area (Å²) in [7, 11) is 0. The normalized spacial score (nSPS) is 11.9. The van der Waals surface area contributed by atoms with Crippen molar-refractivity contribution in [3.05, 3.63) is 33.9 Å². The van der Waals surface area contributed by atoms with Crippen LogP contribution < -0.4 is 0 Å². The van der Waals surface area contributed by atoms with Gasteiger partial charge in [0, 0.05) is 27.3 Å². The minimum Gasteiger partial charge on any atom is -0.411 e. The Morgan fingerprint density at radius 2 is 2.12 bits per heavy atom. The Morgan fingerprint density at radius 1 is 1.47 bits per heavy atom. The fourth-order valence-corrected chi connectivity index (χ4v) is 2.26. The van der Waals surface area contributed by atoms with Crippen LogP contribution in [-0.2, 0) is 0 Å². The Hall–Kier alpha value is -1.56. The summed E-state index contributed by atoms with van der Waals surface area (Å²) in [5, 5.41) is 22.1. The molecule has 1 rings (SSSR count). The number of nitro groups is 1. The number of hydrogen-bond donors (Lipinski definition) is 1. The third kappa shape index (κ3) is 4.07. The first-order chi connectivity index (χ1) is 7.83. The van der Waals surface area contributed by atoms with E-state index in [0.29, 0.717) is 5.56 Å². The number of non-ortho nitro benzene ring substituents is 1. The molecule has 0 spiro atoms. The third-order valence-electron chi connectivity index (χ3n) is 1.82. The summed E-state index contributed by atoms with van der Waals surface area (Å²) < 4.78 is -0.0197. The van der Waals surface area contributed by atoms with Crippen LogP contribution in [0.25, 0.3) is 0 Å². The van der Waals surface area contributed by atoms with Crippen molar-refractivity contribution in [3.8, 4) is 0 Å². The second kappa shape index (κ2) is 5.18. The van der Waals surface area contributed by atoms with E-state index in [2.05, 4.69) is 5.16 Å². The molecule has 1 aromatic rings. The summed E-state index contributed by atoms with van der Waals surface area (Å²) in [6.45, 7) is 6.12. The number of oxime groups is 1. The van der Waals surface area contributed by atoms with Crippen molar-refractivity contribution >= 4 is 23.7 Å². The highest BCUT2D eigenvalue weighted by molar-refractivity contribution is 8.00. The Balaban J connectivity index is 3.17. The minimum absolute atomic E-state index is 0.0156. The van der Waals surface area contributed by atoms with Gasteiger partial charge >= 0.3 is 0 Å². The van der Waals surface area contributed by atoms with Gasteiger partial charge in [-0.05, 0) is 6.07 Å². The van der Waals surface area contributed by atoms with Crippen molar-refractivity contribution < 1.29 is 10.1 Å². The molecule has 0 fully saturated rings. The molecule has 0 amide bonds. The molecule has 0 atom stereocenters. The van der Waals surface area contributed by atoms with E-state index < -0.39 is 4.92 Å². The summed E-state index contributed by atoms with van der Waals surface area (Å²) in [4.78, 5) is 11.0. The van der Waals surface area contributed by atoms with E-state index in [1.165, 1.54) is 18.3 Å². The van der Waals surface area contributed by atoms with Crippen LogP contribution in [0.1, 0.15) is 26.3 Å². The van der Waals surface area contributed by atoms with Gasteiger partial charge < -0.3 is 5.21 Å². The van der Waals surface area contributed by atoms with Crippen LogP contribution in [0.5, 0.6) is 0 Å². The van der Waals surface area contributed by atoms with E-state index in [1.807, 2.05) is 20.8 Å². The second-order valence-corrected chi connectivity index (χ2v) is 6.31. The van der Waals surface area contributed by atoms with E-state index in [4.69, 9.17) is 5.21 Å². The zero-order valence-corrected chi connectivity index (χ0v) is 10.7. The molecule has 6 heteroatoms. The smallest absolute Gasteiger partial charge is 0.270 e. The van der Waals surface area contributed by atoms with Crippen molar-refractivity contribution in [1.82, 2.24) is 0 Å². The maximum atomic E-state index is 10.6. The molecule has 0 aliphatic heterocycles. The Bertz CT molecular complexity index is 453. The zero-order valence-electron chi connectivity index (χ0n) is 9.88. The number of rotatable bonds is 3. The minimum atomic E-state index is -0.472. The lowest BCUT2D eigenvalue weighted by molar-refractivity contribution is -0.384. The molecule has 0 heterocycles. The predicted molar refractivity (Wildman–Crippen MR) is 68.1 cm³/mol. The molecule has 0 aliphatic carbocycles. The predicted octanol–water partition coefficient (Wildman–Crippen LogP) is 3.29. The quantitative estimate of drug-likeness (QED) is 0.295. The van der Waals surface area contributed by atoms with Gasteiger partial charge in [0.15, 0.2) is 0 Å². The highest BCUT2D eigenvalue weighted by atomic mass is 32.2. The second-order valence-electron chi connectivity index (χ2n) is 4.44. The Labute approximate surface area is 104 Å². The van der Waals surface area contributed by atoms with Gasteiger partial charge in [-0.3, -0.25) is 10.1 Å². The van der Waals surface area contributed by atoms with Crippen LogP contribution in [0, 0.1) is 10.1 Å². The molecule has 0 aliphatic rings. The van der Waals surface area contributed by atoms with Crippen LogP contribution in [-0.4, -0.2) is 21.1 Å². The first kappa shape index (κ1) is 13.5. The number of hydrogen-bond acceptors (Lipinski definition) is 5. The molecule has 0 bridgehead atoms.